The predicted octanol–water partition coefficient (Wildman–Crippen LogP) is 2.19. The normalized spacial score (nSPS) is 36.4. The minimum atomic E-state index is -0.972. The number of aliphatic carboxylic acids is 1. The van der Waals surface area contributed by atoms with Crippen LogP contribution in [0.15, 0.2) is 5.11 Å². The molecular weight excluding hydrogens is 182 g/mol. The average molecular weight is 195 g/mol. The molecule has 4 unspecified atom stereocenters. The second kappa shape index (κ2) is 3.50. The van der Waals surface area contributed by atoms with Crippen molar-refractivity contribution in [2.45, 2.75) is 31.7 Å². The number of carboxylic acid groups (broad SMARTS) is 1. The number of hydrogen-bond acceptors (Lipinski definition) is 2. The van der Waals surface area contributed by atoms with Gasteiger partial charge in [0.05, 0.1) is 0 Å². The fourth-order valence-electron chi connectivity index (χ4n) is 3.05. The molecule has 0 heterocycles. The fraction of sp³-hybridized carbons (Fsp3) is 0.889. The van der Waals surface area contributed by atoms with Gasteiger partial charge in [0.15, 0.2) is 0 Å². The Morgan fingerprint density at radius 3 is 2.71 bits per heavy atom. The highest BCUT2D eigenvalue weighted by molar-refractivity contribution is 5.74. The van der Waals surface area contributed by atoms with E-state index in [1.54, 1.807) is 0 Å². The molecule has 5 nitrogen and oxygen atoms in total. The number of nitrogens with zero attached hydrogens (tertiary/aromatic N) is 3. The molecule has 0 radical (unpaired) electrons. The van der Waals surface area contributed by atoms with Crippen LogP contribution in [-0.2, 0) is 4.79 Å². The van der Waals surface area contributed by atoms with E-state index < -0.39 is 12.0 Å². The fourth-order valence-corrected chi connectivity index (χ4v) is 3.05. The SMILES string of the molecule is [N-]=[N+]=NC(C(=O)O)C1CC2CCC1C2. The Kier molecular flexibility index (Phi) is 2.33. The van der Waals surface area contributed by atoms with Gasteiger partial charge in [0, 0.05) is 4.91 Å². The van der Waals surface area contributed by atoms with E-state index in [2.05, 4.69) is 10.0 Å². The van der Waals surface area contributed by atoms with Crippen LogP contribution in [0.25, 0.3) is 10.4 Å². The van der Waals surface area contributed by atoms with Crippen molar-refractivity contribution >= 4 is 5.97 Å². The van der Waals surface area contributed by atoms with Crippen LogP contribution < -0.4 is 0 Å². The molecule has 0 aromatic rings. The molecule has 0 saturated heterocycles. The zero-order valence-corrected chi connectivity index (χ0v) is 7.83. The van der Waals surface area contributed by atoms with Gasteiger partial charge in [0.25, 0.3) is 0 Å². The smallest absolute Gasteiger partial charge is 0.312 e. The lowest BCUT2D eigenvalue weighted by atomic mass is 9.83. The van der Waals surface area contributed by atoms with Crippen LogP contribution in [-0.4, -0.2) is 17.1 Å². The zero-order chi connectivity index (χ0) is 10.1. The van der Waals surface area contributed by atoms with Gasteiger partial charge in [-0.15, -0.1) is 0 Å². The van der Waals surface area contributed by atoms with Crippen molar-refractivity contribution in [3.63, 3.8) is 0 Å². The van der Waals surface area contributed by atoms with Crippen LogP contribution in [0.4, 0.5) is 0 Å². The molecule has 0 aromatic carbocycles. The summed E-state index contributed by atoms with van der Waals surface area (Å²) >= 11 is 0. The molecule has 5 heteroatoms. The number of hydrogen-bond donors (Lipinski definition) is 1. The molecule has 0 amide bonds. The van der Waals surface area contributed by atoms with Crippen LogP contribution in [0.2, 0.25) is 0 Å². The number of carboxylic acids is 1. The lowest BCUT2D eigenvalue weighted by Crippen LogP contribution is -2.31. The average Bonchev–Trinajstić information content (AvgIpc) is 2.74. The van der Waals surface area contributed by atoms with E-state index in [0.29, 0.717) is 11.8 Å². The van der Waals surface area contributed by atoms with Crippen LogP contribution >= 0.6 is 0 Å². The molecule has 2 saturated carbocycles. The van der Waals surface area contributed by atoms with E-state index in [1.807, 2.05) is 0 Å². The third kappa shape index (κ3) is 1.44. The Hall–Kier alpha value is -1.22. The number of carbonyl (C=O) groups is 1. The van der Waals surface area contributed by atoms with Crippen LogP contribution in [0, 0.1) is 17.8 Å². The Bertz CT molecular complexity index is 296. The van der Waals surface area contributed by atoms with E-state index in [1.165, 1.54) is 6.42 Å². The molecule has 4 atom stereocenters. The van der Waals surface area contributed by atoms with Crippen molar-refractivity contribution in [2.24, 2.45) is 22.9 Å². The van der Waals surface area contributed by atoms with Crippen molar-refractivity contribution in [2.75, 3.05) is 0 Å². The predicted molar refractivity (Wildman–Crippen MR) is 49.5 cm³/mol. The summed E-state index contributed by atoms with van der Waals surface area (Å²) in [4.78, 5) is 13.5. The maximum absolute atomic E-state index is 10.9. The minimum absolute atomic E-state index is 0.0853. The summed E-state index contributed by atoms with van der Waals surface area (Å²) in [6.45, 7) is 0. The molecule has 2 fully saturated rings. The first-order valence-electron chi connectivity index (χ1n) is 4.99. The Balaban J connectivity index is 2.12. The summed E-state index contributed by atoms with van der Waals surface area (Å²) in [5.74, 6) is 0.273. The van der Waals surface area contributed by atoms with Gasteiger partial charge in [0.2, 0.25) is 0 Å². The first-order chi connectivity index (χ1) is 6.72. The summed E-state index contributed by atoms with van der Waals surface area (Å²) in [5.41, 5.74) is 8.31. The van der Waals surface area contributed by atoms with Crippen molar-refractivity contribution < 1.29 is 9.90 Å². The highest BCUT2D eigenvalue weighted by atomic mass is 16.4. The van der Waals surface area contributed by atoms with Crippen molar-refractivity contribution in [3.05, 3.63) is 10.4 Å². The lowest BCUT2D eigenvalue weighted by molar-refractivity contribution is -0.140. The molecule has 0 spiro atoms. The van der Waals surface area contributed by atoms with Crippen molar-refractivity contribution in [3.8, 4) is 0 Å². The first-order valence-corrected chi connectivity index (χ1v) is 4.99. The number of azide groups is 1. The second-order valence-electron chi connectivity index (χ2n) is 4.33. The van der Waals surface area contributed by atoms with Crippen LogP contribution in [0.5, 0.6) is 0 Å². The molecule has 1 N–H and O–H groups in total. The van der Waals surface area contributed by atoms with Gasteiger partial charge in [-0.3, -0.25) is 4.79 Å². The lowest BCUT2D eigenvalue weighted by Gasteiger charge is -2.24. The summed E-state index contributed by atoms with van der Waals surface area (Å²) in [5, 5.41) is 12.3. The van der Waals surface area contributed by atoms with Crippen molar-refractivity contribution in [1.29, 1.82) is 0 Å². The molecule has 2 aliphatic rings. The third-order valence-corrected chi connectivity index (χ3v) is 3.63. The molecule has 2 bridgehead atoms. The molecular formula is C9H13N3O2. The van der Waals surface area contributed by atoms with E-state index in [0.717, 1.165) is 19.3 Å². The quantitative estimate of drug-likeness (QED) is 0.425. The van der Waals surface area contributed by atoms with E-state index >= 15 is 0 Å². The number of fused-ring (bicyclic) bond motifs is 2. The second-order valence-corrected chi connectivity index (χ2v) is 4.33. The minimum Gasteiger partial charge on any atom is -0.481 e. The Morgan fingerprint density at radius 1 is 1.50 bits per heavy atom. The van der Waals surface area contributed by atoms with E-state index in [9.17, 15) is 4.79 Å². The number of rotatable bonds is 3. The maximum Gasteiger partial charge on any atom is 0.312 e. The molecule has 14 heavy (non-hydrogen) atoms. The summed E-state index contributed by atoms with van der Waals surface area (Å²) in [6.07, 6.45) is 4.40. The van der Waals surface area contributed by atoms with Gasteiger partial charge in [-0.2, -0.15) is 0 Å². The van der Waals surface area contributed by atoms with Crippen LogP contribution in [0.1, 0.15) is 25.7 Å². The van der Waals surface area contributed by atoms with Gasteiger partial charge >= 0.3 is 5.97 Å². The van der Waals surface area contributed by atoms with Crippen LogP contribution in [0.3, 0.4) is 0 Å². The topological polar surface area (TPSA) is 86.1 Å². The van der Waals surface area contributed by atoms with Crippen molar-refractivity contribution in [1.82, 2.24) is 0 Å². The standard InChI is InChI=1S/C9H13N3O2/c10-12-11-8(9(13)14)7-4-5-1-2-6(7)3-5/h5-8H,1-4H2,(H,13,14). The zero-order valence-electron chi connectivity index (χ0n) is 7.83. The monoisotopic (exact) mass is 195 g/mol. The van der Waals surface area contributed by atoms with E-state index in [-0.39, 0.29) is 5.92 Å². The molecule has 0 aliphatic heterocycles. The summed E-state index contributed by atoms with van der Waals surface area (Å²) in [6, 6.07) is -0.838. The first kappa shape index (κ1) is 9.34. The molecule has 2 rings (SSSR count). The maximum atomic E-state index is 10.9. The Labute approximate surface area is 81.7 Å². The summed E-state index contributed by atoms with van der Waals surface area (Å²) in [7, 11) is 0. The van der Waals surface area contributed by atoms with Gasteiger partial charge in [-0.1, -0.05) is 11.5 Å². The highest BCUT2D eigenvalue weighted by Crippen LogP contribution is 2.50. The molecule has 0 aromatic heterocycles. The van der Waals surface area contributed by atoms with Gasteiger partial charge < -0.3 is 5.11 Å². The van der Waals surface area contributed by atoms with Gasteiger partial charge in [-0.25, -0.2) is 0 Å². The largest absolute Gasteiger partial charge is 0.481 e. The molecule has 76 valence electrons. The Morgan fingerprint density at radius 2 is 2.29 bits per heavy atom. The van der Waals surface area contributed by atoms with Gasteiger partial charge in [0.1, 0.15) is 6.04 Å². The summed E-state index contributed by atoms with van der Waals surface area (Å²) < 4.78 is 0. The molecule has 2 aliphatic carbocycles. The third-order valence-electron chi connectivity index (χ3n) is 3.63. The highest BCUT2D eigenvalue weighted by Gasteiger charge is 2.44. The van der Waals surface area contributed by atoms with E-state index in [4.69, 9.17) is 10.6 Å². The van der Waals surface area contributed by atoms with Gasteiger partial charge in [-0.05, 0) is 42.5 Å².